The Bertz CT molecular complexity index is 691. The molecule has 0 radical (unpaired) electrons. The molecule has 0 aliphatic rings. The highest BCUT2D eigenvalue weighted by molar-refractivity contribution is 5.96. The van der Waals surface area contributed by atoms with E-state index in [1.165, 1.54) is 6.08 Å². The lowest BCUT2D eigenvalue weighted by Gasteiger charge is -2.02. The van der Waals surface area contributed by atoms with E-state index in [0.717, 1.165) is 29.3 Å². The maximum atomic E-state index is 11.8. The van der Waals surface area contributed by atoms with Crippen molar-refractivity contribution in [2.45, 2.75) is 25.7 Å². The second kappa shape index (κ2) is 8.75. The number of para-hydroxylation sites is 1. The van der Waals surface area contributed by atoms with Crippen molar-refractivity contribution in [2.24, 2.45) is 0 Å². The normalized spacial score (nSPS) is 11.0. The molecule has 0 saturated heterocycles. The minimum absolute atomic E-state index is 0.136. The van der Waals surface area contributed by atoms with E-state index in [2.05, 4.69) is 10.3 Å². The molecule has 122 valence electrons. The number of carbonyl (C=O) groups excluding carboxylic acids is 2. The number of hydroxylamine groups is 1. The first-order valence-electron chi connectivity index (χ1n) is 7.65. The van der Waals surface area contributed by atoms with Gasteiger partial charge in [0.05, 0.1) is 0 Å². The second-order valence-electron chi connectivity index (χ2n) is 5.26. The summed E-state index contributed by atoms with van der Waals surface area (Å²) in [4.78, 5) is 25.7. The molecule has 0 atom stereocenters. The molecular formula is C17H21N3O3. The summed E-state index contributed by atoms with van der Waals surface area (Å²) in [6, 6.07) is 7.92. The van der Waals surface area contributed by atoms with Gasteiger partial charge in [0.15, 0.2) is 0 Å². The largest absolute Gasteiger partial charge is 0.361 e. The smallest absolute Gasteiger partial charge is 0.244 e. The molecular weight excluding hydrogens is 294 g/mol. The fourth-order valence-electron chi connectivity index (χ4n) is 2.31. The molecule has 0 aliphatic carbocycles. The highest BCUT2D eigenvalue weighted by atomic mass is 16.5. The third-order valence-corrected chi connectivity index (χ3v) is 3.54. The molecule has 2 aromatic rings. The molecule has 0 spiro atoms. The molecule has 0 saturated carbocycles. The van der Waals surface area contributed by atoms with Crippen molar-refractivity contribution >= 4 is 28.8 Å². The molecule has 0 unspecified atom stereocenters. The first-order chi connectivity index (χ1) is 11.2. The van der Waals surface area contributed by atoms with Gasteiger partial charge in [0.25, 0.3) is 0 Å². The van der Waals surface area contributed by atoms with Crippen LogP contribution in [0.25, 0.3) is 17.0 Å². The Balaban J connectivity index is 1.69. The lowest BCUT2D eigenvalue weighted by atomic mass is 10.1. The van der Waals surface area contributed by atoms with E-state index >= 15 is 0 Å². The summed E-state index contributed by atoms with van der Waals surface area (Å²) in [7, 11) is 0. The average molecular weight is 315 g/mol. The Kier molecular flexibility index (Phi) is 6.38. The molecule has 0 bridgehead atoms. The quantitative estimate of drug-likeness (QED) is 0.261. The topological polar surface area (TPSA) is 94.2 Å². The molecule has 0 fully saturated rings. The first kappa shape index (κ1) is 16.8. The van der Waals surface area contributed by atoms with E-state index in [-0.39, 0.29) is 11.8 Å². The van der Waals surface area contributed by atoms with Gasteiger partial charge in [0, 0.05) is 36.1 Å². The van der Waals surface area contributed by atoms with E-state index < -0.39 is 0 Å². The van der Waals surface area contributed by atoms with Crippen LogP contribution < -0.4 is 10.8 Å². The Morgan fingerprint density at radius 2 is 2.00 bits per heavy atom. The number of H-pyrrole nitrogens is 1. The van der Waals surface area contributed by atoms with E-state index in [1.807, 2.05) is 30.5 Å². The van der Waals surface area contributed by atoms with Crippen LogP contribution in [0, 0.1) is 0 Å². The number of hydrogen-bond acceptors (Lipinski definition) is 3. The number of fused-ring (bicyclic) bond motifs is 1. The SMILES string of the molecule is O=C(C=Cc1c[nH]c2ccccc12)NCCCCCC(=O)NO. The third kappa shape index (κ3) is 5.27. The summed E-state index contributed by atoms with van der Waals surface area (Å²) in [5, 5.41) is 12.2. The third-order valence-electron chi connectivity index (χ3n) is 3.54. The van der Waals surface area contributed by atoms with Crippen molar-refractivity contribution in [1.82, 2.24) is 15.8 Å². The fraction of sp³-hybridized carbons (Fsp3) is 0.294. The van der Waals surface area contributed by atoms with Crippen LogP contribution in [0.2, 0.25) is 0 Å². The highest BCUT2D eigenvalue weighted by Gasteiger charge is 2.01. The maximum Gasteiger partial charge on any atom is 0.244 e. The molecule has 2 amide bonds. The first-order valence-corrected chi connectivity index (χ1v) is 7.65. The number of hydrogen-bond donors (Lipinski definition) is 4. The summed E-state index contributed by atoms with van der Waals surface area (Å²) in [6.45, 7) is 0.567. The standard InChI is InChI=1S/C17H21N3O3/c21-16(18-11-5-1-2-8-17(22)20-23)10-9-13-12-19-15-7-4-3-6-14(13)15/h3-4,6-7,9-10,12,19,23H,1-2,5,8,11H2,(H,18,21)(H,20,22). The zero-order chi connectivity index (χ0) is 16.5. The number of nitrogens with one attached hydrogen (secondary N) is 3. The van der Waals surface area contributed by atoms with Gasteiger partial charge in [-0.1, -0.05) is 24.6 Å². The maximum absolute atomic E-state index is 11.8. The van der Waals surface area contributed by atoms with E-state index in [9.17, 15) is 9.59 Å². The van der Waals surface area contributed by atoms with Crippen molar-refractivity contribution in [2.75, 3.05) is 6.54 Å². The summed E-state index contributed by atoms with van der Waals surface area (Å²) in [5.41, 5.74) is 3.62. The van der Waals surface area contributed by atoms with Crippen molar-refractivity contribution in [1.29, 1.82) is 0 Å². The van der Waals surface area contributed by atoms with Crippen LogP contribution in [0.15, 0.2) is 36.5 Å². The number of amides is 2. The summed E-state index contributed by atoms with van der Waals surface area (Å²) < 4.78 is 0. The van der Waals surface area contributed by atoms with Crippen LogP contribution in [0.5, 0.6) is 0 Å². The minimum Gasteiger partial charge on any atom is -0.361 e. The Morgan fingerprint density at radius 3 is 2.83 bits per heavy atom. The van der Waals surface area contributed by atoms with Crippen molar-refractivity contribution in [3.05, 3.63) is 42.1 Å². The zero-order valence-electron chi connectivity index (χ0n) is 12.8. The van der Waals surface area contributed by atoms with Gasteiger partial charge < -0.3 is 10.3 Å². The van der Waals surface area contributed by atoms with Gasteiger partial charge >= 0.3 is 0 Å². The summed E-state index contributed by atoms with van der Waals surface area (Å²) >= 11 is 0. The van der Waals surface area contributed by atoms with Crippen LogP contribution in [-0.2, 0) is 9.59 Å². The van der Waals surface area contributed by atoms with Crippen molar-refractivity contribution < 1.29 is 14.8 Å². The van der Waals surface area contributed by atoms with Gasteiger partial charge in [0.2, 0.25) is 11.8 Å². The van der Waals surface area contributed by atoms with Crippen LogP contribution in [0.3, 0.4) is 0 Å². The lowest BCUT2D eigenvalue weighted by molar-refractivity contribution is -0.129. The van der Waals surface area contributed by atoms with Gasteiger partial charge in [-0.25, -0.2) is 5.48 Å². The molecule has 1 aromatic heterocycles. The van der Waals surface area contributed by atoms with E-state index in [0.29, 0.717) is 19.4 Å². The van der Waals surface area contributed by atoms with Crippen LogP contribution in [0.1, 0.15) is 31.2 Å². The average Bonchev–Trinajstić information content (AvgIpc) is 2.99. The number of unbranched alkanes of at least 4 members (excludes halogenated alkanes) is 2. The van der Waals surface area contributed by atoms with Crippen LogP contribution in [-0.4, -0.2) is 28.6 Å². The van der Waals surface area contributed by atoms with E-state index in [4.69, 9.17) is 5.21 Å². The molecule has 2 rings (SSSR count). The van der Waals surface area contributed by atoms with Gasteiger partial charge in [-0.05, 0) is 30.5 Å². The number of carbonyl (C=O) groups is 2. The van der Waals surface area contributed by atoms with Gasteiger partial charge in [0.1, 0.15) is 0 Å². The van der Waals surface area contributed by atoms with E-state index in [1.54, 1.807) is 11.6 Å². The summed E-state index contributed by atoms with van der Waals surface area (Å²) in [5.74, 6) is -0.515. The van der Waals surface area contributed by atoms with Gasteiger partial charge in [-0.2, -0.15) is 0 Å². The molecule has 6 heteroatoms. The van der Waals surface area contributed by atoms with Crippen LogP contribution >= 0.6 is 0 Å². The zero-order valence-corrected chi connectivity index (χ0v) is 12.8. The molecule has 4 N–H and O–H groups in total. The molecule has 23 heavy (non-hydrogen) atoms. The Labute approximate surface area is 134 Å². The molecule has 1 heterocycles. The lowest BCUT2D eigenvalue weighted by Crippen LogP contribution is -2.22. The fourth-order valence-corrected chi connectivity index (χ4v) is 2.31. The van der Waals surface area contributed by atoms with Crippen LogP contribution in [0.4, 0.5) is 0 Å². The predicted molar refractivity (Wildman–Crippen MR) is 88.7 cm³/mol. The summed E-state index contributed by atoms with van der Waals surface area (Å²) in [6.07, 6.45) is 7.79. The predicted octanol–water partition coefficient (Wildman–Crippen LogP) is 2.36. The van der Waals surface area contributed by atoms with Crippen molar-refractivity contribution in [3.63, 3.8) is 0 Å². The monoisotopic (exact) mass is 315 g/mol. The van der Waals surface area contributed by atoms with Gasteiger partial charge in [-0.3, -0.25) is 14.8 Å². The van der Waals surface area contributed by atoms with Crippen molar-refractivity contribution in [3.8, 4) is 0 Å². The Morgan fingerprint density at radius 1 is 1.17 bits per heavy atom. The second-order valence-corrected chi connectivity index (χ2v) is 5.26. The number of rotatable bonds is 8. The Hall–Kier alpha value is -2.60. The highest BCUT2D eigenvalue weighted by Crippen LogP contribution is 2.18. The van der Waals surface area contributed by atoms with Gasteiger partial charge in [-0.15, -0.1) is 0 Å². The molecule has 0 aliphatic heterocycles. The minimum atomic E-state index is -0.379. The molecule has 6 nitrogen and oxygen atoms in total. The number of aromatic amines is 1. The molecule has 1 aromatic carbocycles. The number of aromatic nitrogens is 1. The number of benzene rings is 1.